The molecular weight excluding hydrogens is 328 g/mol. The minimum atomic E-state index is -0.646. The Labute approximate surface area is 143 Å². The number of ether oxygens (including phenoxy) is 2. The molecule has 0 unspecified atom stereocenters. The quantitative estimate of drug-likeness (QED) is 0.486. The van der Waals surface area contributed by atoms with E-state index in [9.17, 15) is 19.7 Å². The van der Waals surface area contributed by atoms with Crippen molar-refractivity contribution < 1.29 is 24.0 Å². The highest BCUT2D eigenvalue weighted by Gasteiger charge is 2.20. The van der Waals surface area contributed by atoms with E-state index in [1.807, 2.05) is 0 Å². The average molecular weight is 344 g/mol. The average Bonchev–Trinajstić information content (AvgIpc) is 2.61. The summed E-state index contributed by atoms with van der Waals surface area (Å²) in [6.07, 6.45) is 0. The standard InChI is InChI=1S/C17H16N2O6/c1-3-25-16(20)11-8-9-14(15(10-11)19(22)23)18-13-7-5-4-6-12(13)17(21)24-2/h4-10,18H,3H2,1-2H3. The number of nitro benzene ring substituents is 1. The molecule has 0 heterocycles. The van der Waals surface area contributed by atoms with Crippen LogP contribution in [0.15, 0.2) is 42.5 Å². The van der Waals surface area contributed by atoms with Gasteiger partial charge in [-0.15, -0.1) is 0 Å². The van der Waals surface area contributed by atoms with Crippen molar-refractivity contribution in [1.82, 2.24) is 0 Å². The van der Waals surface area contributed by atoms with Crippen molar-refractivity contribution >= 4 is 29.0 Å². The minimum Gasteiger partial charge on any atom is -0.465 e. The molecule has 0 radical (unpaired) electrons. The van der Waals surface area contributed by atoms with Gasteiger partial charge < -0.3 is 14.8 Å². The summed E-state index contributed by atoms with van der Waals surface area (Å²) >= 11 is 0. The number of anilines is 2. The van der Waals surface area contributed by atoms with Crippen LogP contribution < -0.4 is 5.32 Å². The van der Waals surface area contributed by atoms with E-state index in [0.717, 1.165) is 6.07 Å². The van der Waals surface area contributed by atoms with E-state index in [4.69, 9.17) is 9.47 Å². The Morgan fingerprint density at radius 2 is 1.84 bits per heavy atom. The number of para-hydroxylation sites is 1. The Morgan fingerprint density at radius 1 is 1.12 bits per heavy atom. The van der Waals surface area contributed by atoms with Gasteiger partial charge in [-0.3, -0.25) is 10.1 Å². The first-order valence-electron chi connectivity index (χ1n) is 7.37. The van der Waals surface area contributed by atoms with Gasteiger partial charge in [0.2, 0.25) is 0 Å². The van der Waals surface area contributed by atoms with Crippen molar-refractivity contribution in [1.29, 1.82) is 0 Å². The van der Waals surface area contributed by atoms with Gasteiger partial charge >= 0.3 is 11.9 Å². The first-order valence-corrected chi connectivity index (χ1v) is 7.37. The molecule has 0 saturated carbocycles. The van der Waals surface area contributed by atoms with E-state index in [0.29, 0.717) is 5.69 Å². The van der Waals surface area contributed by atoms with Crippen molar-refractivity contribution in [3.05, 3.63) is 63.7 Å². The first kappa shape index (κ1) is 17.9. The van der Waals surface area contributed by atoms with E-state index in [1.54, 1.807) is 25.1 Å². The maximum Gasteiger partial charge on any atom is 0.339 e. The molecule has 8 heteroatoms. The van der Waals surface area contributed by atoms with Crippen LogP contribution in [-0.2, 0) is 9.47 Å². The second-order valence-electron chi connectivity index (χ2n) is 4.87. The van der Waals surface area contributed by atoms with Gasteiger partial charge in [0.05, 0.1) is 35.5 Å². The van der Waals surface area contributed by atoms with Crippen LogP contribution >= 0.6 is 0 Å². The molecule has 8 nitrogen and oxygen atoms in total. The van der Waals surface area contributed by atoms with Gasteiger partial charge in [0.25, 0.3) is 5.69 Å². The Kier molecular flexibility index (Phi) is 5.67. The molecule has 0 aromatic heterocycles. The molecule has 0 bridgehead atoms. The van der Waals surface area contributed by atoms with Crippen molar-refractivity contribution in [3.63, 3.8) is 0 Å². The molecule has 2 aromatic rings. The molecule has 2 rings (SSSR count). The van der Waals surface area contributed by atoms with Crippen molar-refractivity contribution in [2.75, 3.05) is 19.0 Å². The number of methoxy groups -OCH3 is 1. The van der Waals surface area contributed by atoms with Crippen LogP contribution in [0.2, 0.25) is 0 Å². The topological polar surface area (TPSA) is 108 Å². The molecule has 0 atom stereocenters. The highest BCUT2D eigenvalue weighted by Crippen LogP contribution is 2.30. The summed E-state index contributed by atoms with van der Waals surface area (Å²) < 4.78 is 9.54. The SMILES string of the molecule is CCOC(=O)c1ccc(Nc2ccccc2C(=O)OC)c([N+](=O)[O-])c1. The van der Waals surface area contributed by atoms with E-state index in [1.165, 1.54) is 25.3 Å². The molecule has 130 valence electrons. The van der Waals surface area contributed by atoms with Crippen LogP contribution in [0.3, 0.4) is 0 Å². The van der Waals surface area contributed by atoms with Crippen LogP contribution in [0, 0.1) is 10.1 Å². The van der Waals surface area contributed by atoms with E-state index in [2.05, 4.69) is 5.32 Å². The highest BCUT2D eigenvalue weighted by atomic mass is 16.6. The third kappa shape index (κ3) is 4.11. The lowest BCUT2D eigenvalue weighted by Gasteiger charge is -2.11. The molecule has 0 amide bonds. The summed E-state index contributed by atoms with van der Waals surface area (Å²) in [6.45, 7) is 1.81. The van der Waals surface area contributed by atoms with Gasteiger partial charge in [-0.1, -0.05) is 12.1 Å². The molecule has 2 aromatic carbocycles. The smallest absolute Gasteiger partial charge is 0.339 e. The second kappa shape index (κ2) is 7.91. The number of carbonyl (C=O) groups is 2. The summed E-state index contributed by atoms with van der Waals surface area (Å²) in [7, 11) is 1.25. The zero-order valence-electron chi connectivity index (χ0n) is 13.6. The lowest BCUT2D eigenvalue weighted by Crippen LogP contribution is -2.08. The minimum absolute atomic E-state index is 0.0698. The molecular formula is C17H16N2O6. The van der Waals surface area contributed by atoms with Crippen LogP contribution in [0.5, 0.6) is 0 Å². The number of hydrogen-bond donors (Lipinski definition) is 1. The van der Waals surface area contributed by atoms with Gasteiger partial charge in [-0.05, 0) is 31.2 Å². The number of hydrogen-bond acceptors (Lipinski definition) is 7. The van der Waals surface area contributed by atoms with Crippen molar-refractivity contribution in [2.24, 2.45) is 0 Å². The van der Waals surface area contributed by atoms with Gasteiger partial charge in [0.15, 0.2) is 0 Å². The highest BCUT2D eigenvalue weighted by molar-refractivity contribution is 5.97. The normalized spacial score (nSPS) is 10.0. The molecule has 0 aliphatic carbocycles. The predicted octanol–water partition coefficient (Wildman–Crippen LogP) is 3.30. The lowest BCUT2D eigenvalue weighted by molar-refractivity contribution is -0.383. The maximum atomic E-state index is 11.8. The van der Waals surface area contributed by atoms with E-state index < -0.39 is 16.9 Å². The molecule has 0 aliphatic heterocycles. The Bertz CT molecular complexity index is 819. The zero-order valence-corrected chi connectivity index (χ0v) is 13.6. The maximum absolute atomic E-state index is 11.8. The first-order chi connectivity index (χ1) is 12.0. The molecule has 1 N–H and O–H groups in total. The fraction of sp³-hybridized carbons (Fsp3) is 0.176. The monoisotopic (exact) mass is 344 g/mol. The number of nitrogens with zero attached hydrogens (tertiary/aromatic N) is 1. The largest absolute Gasteiger partial charge is 0.465 e. The molecule has 25 heavy (non-hydrogen) atoms. The van der Waals surface area contributed by atoms with Gasteiger partial charge in [-0.25, -0.2) is 9.59 Å². The number of rotatable bonds is 6. The Hall–Kier alpha value is -3.42. The number of esters is 2. The summed E-state index contributed by atoms with van der Waals surface area (Å²) in [5, 5.41) is 14.2. The molecule has 0 fully saturated rings. The van der Waals surface area contributed by atoms with Crippen LogP contribution in [-0.4, -0.2) is 30.6 Å². The third-order valence-electron chi connectivity index (χ3n) is 3.31. The number of nitrogens with one attached hydrogen (secondary N) is 1. The number of nitro groups is 1. The predicted molar refractivity (Wildman–Crippen MR) is 90.1 cm³/mol. The van der Waals surface area contributed by atoms with Crippen LogP contribution in [0.4, 0.5) is 17.1 Å². The summed E-state index contributed by atoms with van der Waals surface area (Å²) in [6, 6.07) is 10.4. The fourth-order valence-corrected chi connectivity index (χ4v) is 2.15. The van der Waals surface area contributed by atoms with E-state index in [-0.39, 0.29) is 29.1 Å². The van der Waals surface area contributed by atoms with Crippen molar-refractivity contribution in [3.8, 4) is 0 Å². The fourth-order valence-electron chi connectivity index (χ4n) is 2.15. The summed E-state index contributed by atoms with van der Waals surface area (Å²) in [5.74, 6) is -1.22. The zero-order chi connectivity index (χ0) is 18.4. The second-order valence-corrected chi connectivity index (χ2v) is 4.87. The molecule has 0 aliphatic rings. The van der Waals surface area contributed by atoms with Crippen LogP contribution in [0.25, 0.3) is 0 Å². The molecule has 0 spiro atoms. The Morgan fingerprint density at radius 3 is 2.48 bits per heavy atom. The van der Waals surface area contributed by atoms with Gasteiger partial charge in [-0.2, -0.15) is 0 Å². The van der Waals surface area contributed by atoms with Crippen LogP contribution in [0.1, 0.15) is 27.6 Å². The van der Waals surface area contributed by atoms with Gasteiger partial charge in [0.1, 0.15) is 5.69 Å². The number of carbonyl (C=O) groups excluding carboxylic acids is 2. The lowest BCUT2D eigenvalue weighted by atomic mass is 10.1. The summed E-state index contributed by atoms with van der Waals surface area (Å²) in [4.78, 5) is 34.3. The summed E-state index contributed by atoms with van der Waals surface area (Å²) in [5.41, 5.74) is 0.468. The third-order valence-corrected chi connectivity index (χ3v) is 3.31. The number of benzene rings is 2. The van der Waals surface area contributed by atoms with Gasteiger partial charge in [0, 0.05) is 6.07 Å². The van der Waals surface area contributed by atoms with E-state index >= 15 is 0 Å². The van der Waals surface area contributed by atoms with Crippen molar-refractivity contribution in [2.45, 2.75) is 6.92 Å². The Balaban J connectivity index is 2.42. The molecule has 0 saturated heterocycles.